The number of benzene rings is 1. The van der Waals surface area contributed by atoms with Crippen LogP contribution in [0.5, 0.6) is 0 Å². The number of nitrogens with zero attached hydrogens (tertiary/aromatic N) is 1. The molecule has 2 aliphatic carbocycles. The molecule has 0 aliphatic heterocycles. The van der Waals surface area contributed by atoms with Crippen molar-refractivity contribution in [3.63, 3.8) is 0 Å². The lowest BCUT2D eigenvalue weighted by molar-refractivity contribution is 0.141. The first-order valence-electron chi connectivity index (χ1n) is 10.8. The fourth-order valence-electron chi connectivity index (χ4n) is 4.71. The van der Waals surface area contributed by atoms with E-state index < -0.39 is 0 Å². The third-order valence-electron chi connectivity index (χ3n) is 6.24. The Balaban J connectivity index is 1.42. The highest BCUT2D eigenvalue weighted by Crippen LogP contribution is 2.48. The molecule has 3 heteroatoms. The third kappa shape index (κ3) is 6.23. The molecule has 2 aliphatic rings. The molecule has 0 bridgehead atoms. The van der Waals surface area contributed by atoms with E-state index in [0.29, 0.717) is 17.8 Å². The van der Waals surface area contributed by atoms with Gasteiger partial charge in [-0.2, -0.15) is 11.8 Å². The molecule has 3 rings (SSSR count). The van der Waals surface area contributed by atoms with Crippen molar-refractivity contribution in [2.45, 2.75) is 45.1 Å². The summed E-state index contributed by atoms with van der Waals surface area (Å²) < 4.78 is 0. The van der Waals surface area contributed by atoms with Gasteiger partial charge in [-0.15, -0.1) is 0 Å². The van der Waals surface area contributed by atoms with Gasteiger partial charge in [-0.3, -0.25) is 0 Å². The highest BCUT2D eigenvalue weighted by molar-refractivity contribution is 7.99. The highest BCUT2D eigenvalue weighted by atomic mass is 32.2. The molecule has 4 atom stereocenters. The number of aryl methyl sites for hydroxylation is 2. The number of thioether (sulfide) groups is 1. The van der Waals surface area contributed by atoms with Crippen LogP contribution in [-0.2, 0) is 6.42 Å². The Bertz CT molecular complexity index is 681. The van der Waals surface area contributed by atoms with Crippen molar-refractivity contribution < 1.29 is 5.11 Å². The summed E-state index contributed by atoms with van der Waals surface area (Å²) in [6.45, 7) is 3.32. The second-order valence-corrected chi connectivity index (χ2v) is 10.1. The van der Waals surface area contributed by atoms with Crippen molar-refractivity contribution >= 4 is 11.8 Å². The molecule has 0 amide bonds. The molecular weight excluding hydrogens is 362 g/mol. The van der Waals surface area contributed by atoms with Gasteiger partial charge in [-0.25, -0.2) is 0 Å². The van der Waals surface area contributed by atoms with Gasteiger partial charge < -0.3 is 10.0 Å². The maximum atomic E-state index is 10.5. The summed E-state index contributed by atoms with van der Waals surface area (Å²) in [5, 5.41) is 10.5. The Morgan fingerprint density at radius 1 is 1.21 bits per heavy atom. The number of aliphatic hydroxyl groups is 1. The van der Waals surface area contributed by atoms with Crippen LogP contribution in [0.25, 0.3) is 0 Å². The van der Waals surface area contributed by atoms with E-state index in [1.807, 2.05) is 0 Å². The van der Waals surface area contributed by atoms with Gasteiger partial charge in [0.25, 0.3) is 0 Å². The summed E-state index contributed by atoms with van der Waals surface area (Å²) in [6, 6.07) is 8.78. The van der Waals surface area contributed by atoms with Crippen LogP contribution in [0, 0.1) is 24.7 Å². The number of hydrogen-bond acceptors (Lipinski definition) is 3. The van der Waals surface area contributed by atoms with Crippen LogP contribution >= 0.6 is 11.8 Å². The van der Waals surface area contributed by atoms with Crippen molar-refractivity contribution in [3.8, 4) is 0 Å². The molecule has 1 aromatic carbocycles. The minimum Gasteiger partial charge on any atom is -0.392 e. The zero-order chi connectivity index (χ0) is 19.9. The van der Waals surface area contributed by atoms with E-state index in [2.05, 4.69) is 80.2 Å². The normalized spacial score (nSPS) is 27.0. The molecule has 0 aromatic heterocycles. The molecular formula is C25H37NOS. The molecule has 1 aromatic rings. The molecule has 154 valence electrons. The van der Waals surface area contributed by atoms with Crippen LogP contribution in [0.1, 0.15) is 36.8 Å². The second kappa shape index (κ2) is 10.7. The smallest absolute Gasteiger partial charge is 0.0611 e. The van der Waals surface area contributed by atoms with Crippen LogP contribution in [0.3, 0.4) is 0 Å². The molecule has 0 saturated heterocycles. The van der Waals surface area contributed by atoms with Crippen LogP contribution < -0.4 is 0 Å². The van der Waals surface area contributed by atoms with Crippen molar-refractivity contribution in [3.05, 3.63) is 59.2 Å². The predicted molar refractivity (Wildman–Crippen MR) is 123 cm³/mol. The summed E-state index contributed by atoms with van der Waals surface area (Å²) in [5.41, 5.74) is 4.38. The molecule has 1 saturated carbocycles. The molecule has 0 spiro atoms. The minimum absolute atomic E-state index is 0.155. The lowest BCUT2D eigenvalue weighted by Crippen LogP contribution is -2.17. The van der Waals surface area contributed by atoms with Gasteiger partial charge >= 0.3 is 0 Å². The Morgan fingerprint density at radius 2 is 2.07 bits per heavy atom. The first-order chi connectivity index (χ1) is 13.5. The van der Waals surface area contributed by atoms with E-state index in [1.54, 1.807) is 5.57 Å². The van der Waals surface area contributed by atoms with Gasteiger partial charge in [0.15, 0.2) is 0 Å². The molecule has 2 nitrogen and oxygen atoms in total. The average Bonchev–Trinajstić information content (AvgIpc) is 3.15. The largest absolute Gasteiger partial charge is 0.392 e. The Hall–Kier alpha value is -1.03. The zero-order valence-electron chi connectivity index (χ0n) is 17.8. The highest BCUT2D eigenvalue weighted by Gasteiger charge is 2.43. The first-order valence-corrected chi connectivity index (χ1v) is 12.0. The molecule has 28 heavy (non-hydrogen) atoms. The standard InChI is InChI=1S/C25H37NOS/c1-19-7-6-9-20(15-19)8-4-5-10-23-24-17-21(16-22(24)18-25(23)27)11-13-28-14-12-26(2)3/h5-7,9-10,15-16,22-25,27H,4,8,11-14,17-18H2,1-3H3/b10-5+/t22-,23+,24-,25+/m0/s1. The summed E-state index contributed by atoms with van der Waals surface area (Å²) in [6.07, 6.45) is 12.5. The zero-order valence-corrected chi connectivity index (χ0v) is 18.6. The van der Waals surface area contributed by atoms with Gasteiger partial charge in [0.1, 0.15) is 0 Å². The molecule has 1 fully saturated rings. The molecule has 0 heterocycles. The van der Waals surface area contributed by atoms with Crippen LogP contribution in [0.4, 0.5) is 0 Å². The summed E-state index contributed by atoms with van der Waals surface area (Å²) >= 11 is 2.07. The van der Waals surface area contributed by atoms with E-state index in [0.717, 1.165) is 25.8 Å². The second-order valence-electron chi connectivity index (χ2n) is 8.86. The van der Waals surface area contributed by atoms with Gasteiger partial charge in [0.2, 0.25) is 0 Å². The van der Waals surface area contributed by atoms with Crippen LogP contribution in [0.2, 0.25) is 0 Å². The number of rotatable bonds is 10. The third-order valence-corrected chi connectivity index (χ3v) is 7.20. The molecule has 1 N–H and O–H groups in total. The van der Waals surface area contributed by atoms with Crippen molar-refractivity contribution in [1.29, 1.82) is 0 Å². The van der Waals surface area contributed by atoms with Crippen LogP contribution in [0.15, 0.2) is 48.1 Å². The average molecular weight is 400 g/mol. The fourth-order valence-corrected chi connectivity index (χ4v) is 5.82. The summed E-state index contributed by atoms with van der Waals surface area (Å²) in [7, 11) is 4.28. The minimum atomic E-state index is -0.155. The maximum absolute atomic E-state index is 10.5. The number of aliphatic hydroxyl groups excluding tert-OH is 1. The van der Waals surface area contributed by atoms with E-state index >= 15 is 0 Å². The number of hydrogen-bond donors (Lipinski definition) is 1. The Labute approximate surface area is 176 Å². The van der Waals surface area contributed by atoms with Crippen LogP contribution in [-0.4, -0.2) is 48.3 Å². The number of allylic oxidation sites excluding steroid dienone is 3. The van der Waals surface area contributed by atoms with Gasteiger partial charge in [-0.1, -0.05) is 53.6 Å². The fraction of sp³-hybridized carbons (Fsp3) is 0.600. The van der Waals surface area contributed by atoms with E-state index in [4.69, 9.17) is 0 Å². The van der Waals surface area contributed by atoms with Gasteiger partial charge in [0.05, 0.1) is 6.10 Å². The lowest BCUT2D eigenvalue weighted by Gasteiger charge is -2.18. The number of fused-ring (bicyclic) bond motifs is 1. The summed E-state index contributed by atoms with van der Waals surface area (Å²) in [5.74, 6) is 4.03. The Morgan fingerprint density at radius 3 is 2.86 bits per heavy atom. The first kappa shape index (κ1) is 21.7. The van der Waals surface area contributed by atoms with Crippen molar-refractivity contribution in [1.82, 2.24) is 4.90 Å². The monoisotopic (exact) mass is 399 g/mol. The van der Waals surface area contributed by atoms with Gasteiger partial charge in [-0.05, 0) is 76.3 Å². The summed E-state index contributed by atoms with van der Waals surface area (Å²) in [4.78, 5) is 2.25. The van der Waals surface area contributed by atoms with Crippen molar-refractivity contribution in [2.75, 3.05) is 32.1 Å². The SMILES string of the molecule is Cc1cccc(CC/C=C/[C@@H]2[C@H]3CC(CCSCCN(C)C)=C[C@H]3C[C@H]2O)c1. The molecule has 0 radical (unpaired) electrons. The quantitative estimate of drug-likeness (QED) is 0.437. The lowest BCUT2D eigenvalue weighted by atomic mass is 9.89. The molecule has 0 unspecified atom stereocenters. The predicted octanol–water partition coefficient (Wildman–Crippen LogP) is 5.11. The van der Waals surface area contributed by atoms with E-state index in [-0.39, 0.29) is 6.10 Å². The van der Waals surface area contributed by atoms with Crippen molar-refractivity contribution in [2.24, 2.45) is 17.8 Å². The maximum Gasteiger partial charge on any atom is 0.0611 e. The topological polar surface area (TPSA) is 23.5 Å². The van der Waals surface area contributed by atoms with E-state index in [9.17, 15) is 5.11 Å². The van der Waals surface area contributed by atoms with E-state index in [1.165, 1.54) is 35.5 Å². The van der Waals surface area contributed by atoms with Gasteiger partial charge in [0, 0.05) is 18.2 Å². The Kier molecular flexibility index (Phi) is 8.25.